The summed E-state index contributed by atoms with van der Waals surface area (Å²) < 4.78 is 5.14. The molecule has 0 atom stereocenters. The highest BCUT2D eigenvalue weighted by molar-refractivity contribution is 6.29. The fourth-order valence-electron chi connectivity index (χ4n) is 1.66. The summed E-state index contributed by atoms with van der Waals surface area (Å²) in [4.78, 5) is 17.2. The maximum Gasteiger partial charge on any atom is 0.226 e. The molecule has 2 heterocycles. The van der Waals surface area contributed by atoms with E-state index >= 15 is 0 Å². The average molecular weight is 281 g/mol. The van der Waals surface area contributed by atoms with Gasteiger partial charge in [-0.3, -0.25) is 9.69 Å². The van der Waals surface area contributed by atoms with Gasteiger partial charge in [0.25, 0.3) is 0 Å². The van der Waals surface area contributed by atoms with Crippen LogP contribution >= 0.6 is 11.6 Å². The predicted molar refractivity (Wildman–Crippen MR) is 71.1 cm³/mol. The zero-order valence-corrected chi connectivity index (χ0v) is 11.1. The van der Waals surface area contributed by atoms with Gasteiger partial charge in [-0.1, -0.05) is 17.7 Å². The van der Waals surface area contributed by atoms with Crippen LogP contribution in [-0.2, 0) is 13.1 Å². The minimum Gasteiger partial charge on any atom is -0.502 e. The molecular formula is C13H13ClN2O3. The van der Waals surface area contributed by atoms with Crippen LogP contribution in [0.5, 0.6) is 5.75 Å². The monoisotopic (exact) mass is 280 g/mol. The van der Waals surface area contributed by atoms with E-state index in [9.17, 15) is 4.79 Å². The standard InChI is InChI=1S/C13H13ClN2O3/c1-16(6-9-2-3-13(14)15-5-9)7-10-4-11(17)12(18)8-19-10/h2-5,8,18H,6-7H2,1H3. The highest BCUT2D eigenvalue weighted by Crippen LogP contribution is 2.10. The molecule has 0 saturated carbocycles. The first kappa shape index (κ1) is 13.6. The third kappa shape index (κ3) is 3.81. The zero-order valence-electron chi connectivity index (χ0n) is 10.3. The van der Waals surface area contributed by atoms with Crippen molar-refractivity contribution in [3.05, 3.63) is 57.4 Å². The van der Waals surface area contributed by atoms with E-state index in [1.807, 2.05) is 18.0 Å². The van der Waals surface area contributed by atoms with Crippen molar-refractivity contribution in [1.29, 1.82) is 0 Å². The van der Waals surface area contributed by atoms with E-state index in [2.05, 4.69) is 4.98 Å². The van der Waals surface area contributed by atoms with Crippen LogP contribution in [0.4, 0.5) is 0 Å². The first-order chi connectivity index (χ1) is 9.04. The van der Waals surface area contributed by atoms with Gasteiger partial charge in [0.05, 0.1) is 6.54 Å². The molecular weight excluding hydrogens is 268 g/mol. The van der Waals surface area contributed by atoms with Crippen molar-refractivity contribution in [2.45, 2.75) is 13.1 Å². The lowest BCUT2D eigenvalue weighted by Gasteiger charge is -2.15. The molecule has 2 aromatic heterocycles. The van der Waals surface area contributed by atoms with Gasteiger partial charge < -0.3 is 9.52 Å². The molecule has 100 valence electrons. The molecule has 0 aliphatic heterocycles. The molecule has 1 N–H and O–H groups in total. The Bertz CT molecular complexity index is 610. The molecule has 0 bridgehead atoms. The van der Waals surface area contributed by atoms with Crippen LogP contribution in [-0.4, -0.2) is 22.0 Å². The Kier molecular flexibility index (Phi) is 4.19. The quantitative estimate of drug-likeness (QED) is 0.868. The van der Waals surface area contributed by atoms with E-state index in [1.165, 1.54) is 6.07 Å². The minimum absolute atomic E-state index is 0.381. The molecule has 0 fully saturated rings. The largest absolute Gasteiger partial charge is 0.502 e. The van der Waals surface area contributed by atoms with Crippen molar-refractivity contribution in [2.24, 2.45) is 0 Å². The van der Waals surface area contributed by atoms with Crippen LogP contribution in [0.2, 0.25) is 5.15 Å². The Balaban J connectivity index is 2.00. The molecule has 19 heavy (non-hydrogen) atoms. The third-order valence-electron chi connectivity index (χ3n) is 2.53. The van der Waals surface area contributed by atoms with Gasteiger partial charge in [0.2, 0.25) is 5.43 Å². The van der Waals surface area contributed by atoms with Gasteiger partial charge >= 0.3 is 0 Å². The summed E-state index contributed by atoms with van der Waals surface area (Å²) in [6.07, 6.45) is 2.75. The molecule has 2 rings (SSSR count). The number of rotatable bonds is 4. The second-order valence-electron chi connectivity index (χ2n) is 4.26. The van der Waals surface area contributed by atoms with E-state index in [-0.39, 0.29) is 5.75 Å². The maximum atomic E-state index is 11.3. The van der Waals surface area contributed by atoms with Crippen LogP contribution in [0, 0.1) is 0 Å². The van der Waals surface area contributed by atoms with Crippen LogP contribution in [0.3, 0.4) is 0 Å². The van der Waals surface area contributed by atoms with E-state index in [0.717, 1.165) is 11.8 Å². The van der Waals surface area contributed by atoms with Crippen LogP contribution in [0.25, 0.3) is 0 Å². The fourth-order valence-corrected chi connectivity index (χ4v) is 1.77. The van der Waals surface area contributed by atoms with Gasteiger partial charge in [-0.05, 0) is 18.7 Å². The summed E-state index contributed by atoms with van der Waals surface area (Å²) in [5.74, 6) is 0.112. The van der Waals surface area contributed by atoms with Gasteiger partial charge in [0.1, 0.15) is 17.2 Å². The Labute approximate surface area is 115 Å². The molecule has 2 aromatic rings. The normalized spacial score (nSPS) is 10.9. The number of hydrogen-bond donors (Lipinski definition) is 1. The Morgan fingerprint density at radius 3 is 2.84 bits per heavy atom. The van der Waals surface area contributed by atoms with Crippen LogP contribution < -0.4 is 5.43 Å². The van der Waals surface area contributed by atoms with Crippen molar-refractivity contribution in [2.75, 3.05) is 7.05 Å². The SMILES string of the molecule is CN(Cc1ccc(Cl)nc1)Cc1cc(=O)c(O)co1. The molecule has 0 aliphatic rings. The summed E-state index contributed by atoms with van der Waals surface area (Å²) in [6.45, 7) is 1.10. The first-order valence-electron chi connectivity index (χ1n) is 5.64. The highest BCUT2D eigenvalue weighted by Gasteiger charge is 2.06. The zero-order chi connectivity index (χ0) is 13.8. The number of nitrogens with zero attached hydrogens (tertiary/aromatic N) is 2. The van der Waals surface area contributed by atoms with Crippen molar-refractivity contribution in [3.8, 4) is 5.75 Å². The number of aromatic nitrogens is 1. The Morgan fingerprint density at radius 2 is 2.21 bits per heavy atom. The summed E-state index contributed by atoms with van der Waals surface area (Å²) >= 11 is 5.71. The van der Waals surface area contributed by atoms with Gasteiger partial charge in [0, 0.05) is 18.8 Å². The molecule has 0 spiro atoms. The molecule has 0 amide bonds. The molecule has 6 heteroatoms. The van der Waals surface area contributed by atoms with Crippen molar-refractivity contribution < 1.29 is 9.52 Å². The van der Waals surface area contributed by atoms with Crippen molar-refractivity contribution in [3.63, 3.8) is 0 Å². The van der Waals surface area contributed by atoms with Gasteiger partial charge in [0.15, 0.2) is 5.75 Å². The summed E-state index contributed by atoms with van der Waals surface area (Å²) in [5, 5.41) is 9.55. The third-order valence-corrected chi connectivity index (χ3v) is 2.76. The highest BCUT2D eigenvalue weighted by atomic mass is 35.5. The number of halogens is 1. The van der Waals surface area contributed by atoms with Gasteiger partial charge in [-0.15, -0.1) is 0 Å². The molecule has 5 nitrogen and oxygen atoms in total. The van der Waals surface area contributed by atoms with Crippen LogP contribution in [0.15, 0.2) is 39.9 Å². The number of aromatic hydroxyl groups is 1. The molecule has 0 radical (unpaired) electrons. The number of hydrogen-bond acceptors (Lipinski definition) is 5. The fraction of sp³-hybridized carbons (Fsp3) is 0.231. The molecule has 0 aliphatic carbocycles. The van der Waals surface area contributed by atoms with Crippen molar-refractivity contribution >= 4 is 11.6 Å². The lowest BCUT2D eigenvalue weighted by Crippen LogP contribution is -2.18. The topological polar surface area (TPSA) is 66.6 Å². The minimum atomic E-state index is -0.442. The lowest BCUT2D eigenvalue weighted by atomic mass is 10.2. The number of pyridine rings is 1. The van der Waals surface area contributed by atoms with E-state index in [1.54, 1.807) is 12.3 Å². The van der Waals surface area contributed by atoms with E-state index < -0.39 is 5.43 Å². The summed E-state index contributed by atoms with van der Waals surface area (Å²) in [5.41, 5.74) is 0.566. The summed E-state index contributed by atoms with van der Waals surface area (Å²) in [6, 6.07) is 4.90. The lowest BCUT2D eigenvalue weighted by molar-refractivity contribution is 0.280. The van der Waals surface area contributed by atoms with Gasteiger partial charge in [-0.2, -0.15) is 0 Å². The smallest absolute Gasteiger partial charge is 0.226 e. The Hall–Kier alpha value is -1.85. The molecule has 0 unspecified atom stereocenters. The predicted octanol–water partition coefficient (Wildman–Crippen LogP) is 2.03. The molecule has 0 aromatic carbocycles. The van der Waals surface area contributed by atoms with E-state index in [0.29, 0.717) is 24.0 Å². The molecule has 0 saturated heterocycles. The average Bonchev–Trinajstić information content (AvgIpc) is 2.37. The van der Waals surface area contributed by atoms with Gasteiger partial charge in [-0.25, -0.2) is 4.98 Å². The second kappa shape index (κ2) is 5.86. The maximum absolute atomic E-state index is 11.3. The summed E-state index contributed by atoms with van der Waals surface area (Å²) in [7, 11) is 1.89. The Morgan fingerprint density at radius 1 is 1.42 bits per heavy atom. The second-order valence-corrected chi connectivity index (χ2v) is 4.64. The van der Waals surface area contributed by atoms with Crippen LogP contribution in [0.1, 0.15) is 11.3 Å². The van der Waals surface area contributed by atoms with Crippen molar-refractivity contribution in [1.82, 2.24) is 9.88 Å². The first-order valence-corrected chi connectivity index (χ1v) is 6.02. The van der Waals surface area contributed by atoms with E-state index in [4.69, 9.17) is 21.1 Å².